The first kappa shape index (κ1) is 8.50. The van der Waals surface area contributed by atoms with Crippen LogP contribution in [0.4, 0.5) is 0 Å². The summed E-state index contributed by atoms with van der Waals surface area (Å²) in [6.45, 7) is 0. The maximum atomic E-state index is 4.26. The number of nitrogens with zero attached hydrogens (tertiary/aromatic N) is 1. The van der Waals surface area contributed by atoms with Gasteiger partial charge in [0.2, 0.25) is 0 Å². The minimum absolute atomic E-state index is 0.852. The third-order valence-electron chi connectivity index (χ3n) is 1.76. The van der Waals surface area contributed by atoms with Crippen molar-refractivity contribution in [1.29, 1.82) is 0 Å². The molecule has 2 nitrogen and oxygen atoms in total. The van der Waals surface area contributed by atoms with Gasteiger partial charge in [-0.25, -0.2) is 4.98 Å². The third kappa shape index (κ3) is 1.26. The van der Waals surface area contributed by atoms with Crippen molar-refractivity contribution in [3.63, 3.8) is 0 Å². The smallest absolute Gasteiger partial charge is 0.0933 e. The molecule has 2 rings (SSSR count). The van der Waals surface area contributed by atoms with Gasteiger partial charge in [-0.2, -0.15) is 0 Å². The van der Waals surface area contributed by atoms with E-state index in [1.165, 1.54) is 9.13 Å². The van der Waals surface area contributed by atoms with Gasteiger partial charge in [-0.05, 0) is 34.2 Å². The Hall–Kier alpha value is -0.100. The van der Waals surface area contributed by atoms with Crippen LogP contribution in [0.5, 0.6) is 0 Å². The Morgan fingerprint density at radius 2 is 2.33 bits per heavy atom. The van der Waals surface area contributed by atoms with Gasteiger partial charge < -0.3 is 4.98 Å². The molecule has 2 aromatic rings. The molecule has 1 aromatic carbocycles. The fourth-order valence-corrected chi connectivity index (χ4v) is 2.21. The van der Waals surface area contributed by atoms with Crippen LogP contribution in [0, 0.1) is 3.57 Å². The molecule has 0 saturated carbocycles. The largest absolute Gasteiger partial charge is 0.344 e. The predicted molar refractivity (Wildman–Crippen MR) is 61.4 cm³/mol. The summed E-state index contributed by atoms with van der Waals surface area (Å²) in [5.41, 5.74) is 3.43. The quantitative estimate of drug-likeness (QED) is 0.629. The molecular formula is C8H6BrIN2. The Morgan fingerprint density at radius 1 is 1.50 bits per heavy atom. The Kier molecular flexibility index (Phi) is 2.36. The van der Waals surface area contributed by atoms with Gasteiger partial charge in [-0.15, -0.1) is 0 Å². The molecule has 0 unspecified atom stereocenters. The number of halogens is 2. The summed E-state index contributed by atoms with van der Waals surface area (Å²) in [4.78, 5) is 7.38. The van der Waals surface area contributed by atoms with Crippen molar-refractivity contribution in [2.75, 3.05) is 0 Å². The molecule has 0 bridgehead atoms. The number of H-pyrrole nitrogens is 1. The summed E-state index contributed by atoms with van der Waals surface area (Å²) in [5, 5.41) is 0.852. The van der Waals surface area contributed by atoms with Gasteiger partial charge >= 0.3 is 0 Å². The molecule has 0 saturated heterocycles. The van der Waals surface area contributed by atoms with E-state index in [2.05, 4.69) is 60.6 Å². The first-order valence-corrected chi connectivity index (χ1v) is 5.69. The van der Waals surface area contributed by atoms with Crippen molar-refractivity contribution in [3.05, 3.63) is 27.6 Å². The normalized spacial score (nSPS) is 10.8. The highest BCUT2D eigenvalue weighted by atomic mass is 127. The summed E-state index contributed by atoms with van der Waals surface area (Å²) in [6, 6.07) is 4.19. The molecule has 0 spiro atoms. The highest BCUT2D eigenvalue weighted by molar-refractivity contribution is 14.1. The number of nitrogens with one attached hydrogen (secondary N) is 1. The molecule has 1 aromatic heterocycles. The number of aromatic amines is 1. The van der Waals surface area contributed by atoms with E-state index >= 15 is 0 Å². The van der Waals surface area contributed by atoms with Gasteiger partial charge in [0.05, 0.1) is 17.4 Å². The zero-order chi connectivity index (χ0) is 8.55. The van der Waals surface area contributed by atoms with E-state index in [9.17, 15) is 0 Å². The van der Waals surface area contributed by atoms with E-state index in [1.54, 1.807) is 6.33 Å². The zero-order valence-corrected chi connectivity index (χ0v) is 9.89. The van der Waals surface area contributed by atoms with Gasteiger partial charge in [0, 0.05) is 8.90 Å². The number of alkyl halides is 1. The van der Waals surface area contributed by atoms with Crippen molar-refractivity contribution in [3.8, 4) is 0 Å². The van der Waals surface area contributed by atoms with Crippen LogP contribution >= 0.6 is 38.5 Å². The van der Waals surface area contributed by atoms with Crippen LogP contribution in [0.1, 0.15) is 5.56 Å². The van der Waals surface area contributed by atoms with Crippen LogP contribution < -0.4 is 0 Å². The van der Waals surface area contributed by atoms with E-state index in [0.717, 1.165) is 16.4 Å². The lowest BCUT2D eigenvalue weighted by atomic mass is 10.2. The van der Waals surface area contributed by atoms with Gasteiger partial charge in [0.15, 0.2) is 0 Å². The maximum Gasteiger partial charge on any atom is 0.0933 e. The zero-order valence-electron chi connectivity index (χ0n) is 6.14. The second-order valence-electron chi connectivity index (χ2n) is 2.47. The van der Waals surface area contributed by atoms with Crippen LogP contribution in [0.3, 0.4) is 0 Å². The fraction of sp³-hybridized carbons (Fsp3) is 0.125. The van der Waals surface area contributed by atoms with E-state index in [0.29, 0.717) is 0 Å². The molecule has 0 atom stereocenters. The monoisotopic (exact) mass is 336 g/mol. The number of hydrogen-bond acceptors (Lipinski definition) is 1. The lowest BCUT2D eigenvalue weighted by Gasteiger charge is -1.98. The molecule has 1 N–H and O–H groups in total. The first-order chi connectivity index (χ1) is 5.83. The SMILES string of the molecule is BrCc1ccc(I)c2[nH]cnc12. The predicted octanol–water partition coefficient (Wildman–Crippen LogP) is 3.06. The van der Waals surface area contributed by atoms with E-state index in [-0.39, 0.29) is 0 Å². The van der Waals surface area contributed by atoms with Gasteiger partial charge in [0.1, 0.15) is 0 Å². The topological polar surface area (TPSA) is 28.7 Å². The highest BCUT2D eigenvalue weighted by Gasteiger charge is 2.04. The molecule has 1 heterocycles. The van der Waals surface area contributed by atoms with Crippen LogP contribution in [-0.2, 0) is 5.33 Å². The summed E-state index contributed by atoms with van der Waals surface area (Å²) >= 11 is 5.73. The average molecular weight is 337 g/mol. The molecular weight excluding hydrogens is 331 g/mol. The Morgan fingerprint density at radius 3 is 3.08 bits per heavy atom. The van der Waals surface area contributed by atoms with Crippen LogP contribution in [0.15, 0.2) is 18.5 Å². The average Bonchev–Trinajstić information content (AvgIpc) is 2.54. The molecule has 0 fully saturated rings. The number of hydrogen-bond donors (Lipinski definition) is 1. The maximum absolute atomic E-state index is 4.26. The third-order valence-corrected chi connectivity index (χ3v) is 3.26. The summed E-state index contributed by atoms with van der Waals surface area (Å²) in [6.07, 6.45) is 1.74. The number of aromatic nitrogens is 2. The summed E-state index contributed by atoms with van der Waals surface area (Å²) in [7, 11) is 0. The fourth-order valence-electron chi connectivity index (χ4n) is 1.16. The Balaban J connectivity index is 2.82. The molecule has 62 valence electrons. The van der Waals surface area contributed by atoms with Crippen molar-refractivity contribution >= 4 is 49.6 Å². The standard InChI is InChI=1S/C8H6BrIN2/c9-3-5-1-2-6(10)8-7(5)11-4-12-8/h1-2,4H,3H2,(H,11,12). The van der Waals surface area contributed by atoms with Crippen molar-refractivity contribution in [2.24, 2.45) is 0 Å². The molecule has 0 amide bonds. The second kappa shape index (κ2) is 3.33. The number of imidazole rings is 1. The Bertz CT molecular complexity index is 410. The van der Waals surface area contributed by atoms with Crippen LogP contribution in [0.2, 0.25) is 0 Å². The van der Waals surface area contributed by atoms with Gasteiger partial charge in [-0.1, -0.05) is 22.0 Å². The van der Waals surface area contributed by atoms with Gasteiger partial charge in [0.25, 0.3) is 0 Å². The number of rotatable bonds is 1. The van der Waals surface area contributed by atoms with E-state index in [4.69, 9.17) is 0 Å². The number of fused-ring (bicyclic) bond motifs is 1. The molecule has 0 aliphatic rings. The number of benzene rings is 1. The second-order valence-corrected chi connectivity index (χ2v) is 4.19. The molecule has 0 aliphatic carbocycles. The lowest BCUT2D eigenvalue weighted by Crippen LogP contribution is -1.83. The lowest BCUT2D eigenvalue weighted by molar-refractivity contribution is 1.33. The van der Waals surface area contributed by atoms with Gasteiger partial charge in [-0.3, -0.25) is 0 Å². The first-order valence-electron chi connectivity index (χ1n) is 3.49. The summed E-state index contributed by atoms with van der Waals surface area (Å²) in [5.74, 6) is 0. The molecule has 0 radical (unpaired) electrons. The van der Waals surface area contributed by atoms with Crippen molar-refractivity contribution in [1.82, 2.24) is 9.97 Å². The minimum atomic E-state index is 0.852. The van der Waals surface area contributed by atoms with Crippen molar-refractivity contribution < 1.29 is 0 Å². The van der Waals surface area contributed by atoms with E-state index < -0.39 is 0 Å². The highest BCUT2D eigenvalue weighted by Crippen LogP contribution is 2.22. The van der Waals surface area contributed by atoms with E-state index in [1.807, 2.05) is 0 Å². The molecule has 4 heteroatoms. The van der Waals surface area contributed by atoms with Crippen LogP contribution in [0.25, 0.3) is 11.0 Å². The van der Waals surface area contributed by atoms with Crippen LogP contribution in [-0.4, -0.2) is 9.97 Å². The Labute approximate surface area is 92.0 Å². The minimum Gasteiger partial charge on any atom is -0.344 e. The van der Waals surface area contributed by atoms with Crippen molar-refractivity contribution in [2.45, 2.75) is 5.33 Å². The molecule has 12 heavy (non-hydrogen) atoms. The summed E-state index contributed by atoms with van der Waals surface area (Å²) < 4.78 is 1.21. The molecule has 0 aliphatic heterocycles.